The van der Waals surface area contributed by atoms with Gasteiger partial charge in [0.25, 0.3) is 0 Å². The van der Waals surface area contributed by atoms with Crippen molar-refractivity contribution in [1.82, 2.24) is 10.2 Å². The van der Waals surface area contributed by atoms with Crippen LogP contribution < -0.4 is 5.32 Å². The van der Waals surface area contributed by atoms with Crippen molar-refractivity contribution in [2.75, 3.05) is 0 Å². The smallest absolute Gasteiger partial charge is 0.247 e. The molecule has 6 rings (SSSR count). The Bertz CT molecular complexity index is 1230. The Morgan fingerprint density at radius 1 is 0.921 bits per heavy atom. The van der Waals surface area contributed by atoms with E-state index >= 15 is 0 Å². The summed E-state index contributed by atoms with van der Waals surface area (Å²) in [5.41, 5.74) is 4.01. The van der Waals surface area contributed by atoms with Gasteiger partial charge in [-0.05, 0) is 86.6 Å². The van der Waals surface area contributed by atoms with Crippen molar-refractivity contribution >= 4 is 11.8 Å². The number of nitrogens with zero attached hydrogens (tertiary/aromatic N) is 1. The summed E-state index contributed by atoms with van der Waals surface area (Å²) in [5, 5.41) is 12.9. The van der Waals surface area contributed by atoms with Crippen LogP contribution >= 0.6 is 0 Å². The third-order valence-corrected chi connectivity index (χ3v) is 8.47. The molecule has 2 bridgehead atoms. The van der Waals surface area contributed by atoms with E-state index in [2.05, 4.69) is 5.32 Å². The molecule has 0 spiro atoms. The van der Waals surface area contributed by atoms with Gasteiger partial charge in [0.2, 0.25) is 11.8 Å². The van der Waals surface area contributed by atoms with Crippen LogP contribution in [-0.2, 0) is 16.0 Å². The maximum atomic E-state index is 14.1. The number of rotatable bonds is 9. The second-order valence-corrected chi connectivity index (χ2v) is 11.2. The lowest BCUT2D eigenvalue weighted by Gasteiger charge is -2.52. The van der Waals surface area contributed by atoms with Gasteiger partial charge in [-0.25, -0.2) is 0 Å². The molecule has 3 aromatic carbocycles. The molecule has 0 radical (unpaired) electrons. The molecule has 3 aromatic rings. The minimum absolute atomic E-state index is 0.0153. The maximum absolute atomic E-state index is 14.1. The molecule has 2 amide bonds. The van der Waals surface area contributed by atoms with Crippen LogP contribution in [0.15, 0.2) is 78.9 Å². The van der Waals surface area contributed by atoms with Crippen molar-refractivity contribution < 1.29 is 14.7 Å². The lowest BCUT2D eigenvalue weighted by atomic mass is 9.62. The fourth-order valence-corrected chi connectivity index (χ4v) is 6.21. The number of phenolic OH excluding ortho intramolecular Hbond substituents is 1. The summed E-state index contributed by atoms with van der Waals surface area (Å²) >= 11 is 0. The SMILES string of the molecule is Cc1ccc(C(C(=O)NC(C)c2ccccc2)N(C(=O)CCc2ccc(O)cc2)C2CCC3CC2C3)cc1. The Kier molecular flexibility index (Phi) is 7.82. The lowest BCUT2D eigenvalue weighted by Crippen LogP contribution is -2.56. The summed E-state index contributed by atoms with van der Waals surface area (Å²) in [6.45, 7) is 4.03. The standard InChI is InChI=1S/C33H38N2O3/c1-22-8-14-27(15-9-22)32(33(38)34-23(2)26-6-4-3-5-7-26)35(30-18-12-25-20-28(30)21-25)31(37)19-13-24-10-16-29(36)17-11-24/h3-11,14-17,23,25,28,30,32,36H,12-13,18-21H2,1-2H3,(H,34,38). The molecule has 3 aliphatic carbocycles. The summed E-state index contributed by atoms with van der Waals surface area (Å²) in [7, 11) is 0. The number of hydrogen-bond acceptors (Lipinski definition) is 3. The number of aromatic hydroxyl groups is 1. The minimum Gasteiger partial charge on any atom is -0.508 e. The summed E-state index contributed by atoms with van der Waals surface area (Å²) in [5.74, 6) is 1.33. The number of fused-ring (bicyclic) bond motifs is 2. The van der Waals surface area contributed by atoms with Crippen LogP contribution in [0.4, 0.5) is 0 Å². The number of carbonyl (C=O) groups is 2. The number of amides is 2. The van der Waals surface area contributed by atoms with Gasteiger partial charge in [0.05, 0.1) is 6.04 Å². The lowest BCUT2D eigenvalue weighted by molar-refractivity contribution is -0.149. The summed E-state index contributed by atoms with van der Waals surface area (Å²) in [6, 6.07) is 24.2. The molecule has 3 fully saturated rings. The van der Waals surface area contributed by atoms with Gasteiger partial charge >= 0.3 is 0 Å². The first kappa shape index (κ1) is 26.0. The van der Waals surface area contributed by atoms with Crippen molar-refractivity contribution in [2.45, 2.75) is 70.5 Å². The number of nitrogens with one attached hydrogen (secondary N) is 1. The quantitative estimate of drug-likeness (QED) is 0.357. The number of benzene rings is 3. The van der Waals surface area contributed by atoms with Crippen molar-refractivity contribution in [2.24, 2.45) is 11.8 Å². The normalized spacial score (nSPS) is 21.6. The zero-order chi connectivity index (χ0) is 26.6. The van der Waals surface area contributed by atoms with Gasteiger partial charge in [0, 0.05) is 12.5 Å². The average molecular weight is 511 g/mol. The molecule has 0 saturated heterocycles. The van der Waals surface area contributed by atoms with Crippen molar-refractivity contribution in [1.29, 1.82) is 0 Å². The van der Waals surface area contributed by atoms with Gasteiger partial charge in [-0.3, -0.25) is 9.59 Å². The Morgan fingerprint density at radius 2 is 1.61 bits per heavy atom. The average Bonchev–Trinajstić information content (AvgIpc) is 2.92. The Hall–Kier alpha value is -3.60. The van der Waals surface area contributed by atoms with E-state index in [1.54, 1.807) is 12.1 Å². The van der Waals surface area contributed by atoms with Crippen molar-refractivity contribution in [3.8, 4) is 5.75 Å². The molecule has 5 nitrogen and oxygen atoms in total. The third kappa shape index (κ3) is 5.77. The minimum atomic E-state index is -0.684. The van der Waals surface area contributed by atoms with E-state index in [0.717, 1.165) is 53.9 Å². The zero-order valence-corrected chi connectivity index (χ0v) is 22.3. The molecular formula is C33H38N2O3. The molecule has 2 N–H and O–H groups in total. The van der Waals surface area contributed by atoms with Crippen LogP contribution in [0.25, 0.3) is 0 Å². The van der Waals surface area contributed by atoms with Crippen LogP contribution in [0.5, 0.6) is 5.75 Å². The fraction of sp³-hybridized carbons (Fsp3) is 0.394. The van der Waals surface area contributed by atoms with Crippen LogP contribution in [0.2, 0.25) is 0 Å². The predicted molar refractivity (Wildman–Crippen MR) is 149 cm³/mol. The molecule has 3 unspecified atom stereocenters. The van der Waals surface area contributed by atoms with Gasteiger partial charge in [0.15, 0.2) is 0 Å². The van der Waals surface area contributed by atoms with Crippen LogP contribution in [0.3, 0.4) is 0 Å². The van der Waals surface area contributed by atoms with Gasteiger partial charge in [0.1, 0.15) is 11.8 Å². The van der Waals surface area contributed by atoms with E-state index in [-0.39, 0.29) is 29.6 Å². The van der Waals surface area contributed by atoms with E-state index in [4.69, 9.17) is 0 Å². The second kappa shape index (κ2) is 11.4. The van der Waals surface area contributed by atoms with Crippen LogP contribution in [0.1, 0.15) is 73.4 Å². The monoisotopic (exact) mass is 510 g/mol. The number of carbonyl (C=O) groups excluding carboxylic acids is 2. The first-order valence-corrected chi connectivity index (χ1v) is 13.9. The highest BCUT2D eigenvalue weighted by molar-refractivity contribution is 5.89. The number of phenols is 1. The highest BCUT2D eigenvalue weighted by Gasteiger charge is 2.47. The number of aryl methyl sites for hydroxylation is 2. The first-order valence-electron chi connectivity index (χ1n) is 13.9. The summed E-state index contributed by atoms with van der Waals surface area (Å²) in [6.07, 6.45) is 5.25. The molecule has 3 saturated carbocycles. The van der Waals surface area contributed by atoms with E-state index in [0.29, 0.717) is 18.8 Å². The molecule has 0 aromatic heterocycles. The van der Waals surface area contributed by atoms with Crippen molar-refractivity contribution in [3.63, 3.8) is 0 Å². The molecule has 0 heterocycles. The molecule has 3 atom stereocenters. The molecule has 198 valence electrons. The molecule has 0 aliphatic heterocycles. The number of hydrogen-bond donors (Lipinski definition) is 2. The van der Waals surface area contributed by atoms with E-state index in [1.807, 2.05) is 85.5 Å². The highest BCUT2D eigenvalue weighted by Crippen LogP contribution is 2.49. The zero-order valence-electron chi connectivity index (χ0n) is 22.3. The summed E-state index contributed by atoms with van der Waals surface area (Å²) < 4.78 is 0. The fourth-order valence-electron chi connectivity index (χ4n) is 6.21. The first-order chi connectivity index (χ1) is 18.4. The topological polar surface area (TPSA) is 69.6 Å². The van der Waals surface area contributed by atoms with Gasteiger partial charge < -0.3 is 15.3 Å². The Morgan fingerprint density at radius 3 is 2.24 bits per heavy atom. The van der Waals surface area contributed by atoms with Crippen LogP contribution in [0, 0.1) is 18.8 Å². The third-order valence-electron chi connectivity index (χ3n) is 8.47. The Labute approximate surface area is 225 Å². The van der Waals surface area contributed by atoms with Crippen LogP contribution in [-0.4, -0.2) is 27.9 Å². The summed E-state index contributed by atoms with van der Waals surface area (Å²) in [4.78, 5) is 30.1. The second-order valence-electron chi connectivity index (χ2n) is 11.2. The Balaban J connectivity index is 1.46. The predicted octanol–water partition coefficient (Wildman–Crippen LogP) is 6.27. The molecular weight excluding hydrogens is 472 g/mol. The molecule has 3 aliphatic rings. The van der Waals surface area contributed by atoms with Crippen molar-refractivity contribution in [3.05, 3.63) is 101 Å². The highest BCUT2D eigenvalue weighted by atomic mass is 16.3. The van der Waals surface area contributed by atoms with Gasteiger partial charge in [-0.2, -0.15) is 0 Å². The molecule has 5 heteroatoms. The maximum Gasteiger partial charge on any atom is 0.247 e. The van der Waals surface area contributed by atoms with Gasteiger partial charge in [-0.1, -0.05) is 72.3 Å². The van der Waals surface area contributed by atoms with E-state index < -0.39 is 6.04 Å². The largest absolute Gasteiger partial charge is 0.508 e. The van der Waals surface area contributed by atoms with E-state index in [1.165, 1.54) is 0 Å². The van der Waals surface area contributed by atoms with E-state index in [9.17, 15) is 14.7 Å². The van der Waals surface area contributed by atoms with Gasteiger partial charge in [-0.15, -0.1) is 0 Å². The molecule has 38 heavy (non-hydrogen) atoms.